The number of hydrogen-bond donors (Lipinski definition) is 3. The Morgan fingerprint density at radius 3 is 0.943 bits per heavy atom. The largest absolute Gasteiger partial charge is 0.394 e. The van der Waals surface area contributed by atoms with Crippen LogP contribution in [0.4, 0.5) is 0 Å². The number of nitrogens with one attached hydrogen (secondary N) is 1. The normalized spacial score (nSPS) is 13.4. The molecule has 0 aliphatic heterocycles. The minimum Gasteiger partial charge on any atom is -0.394 e. The Balaban J connectivity index is 3.46. The first-order chi connectivity index (χ1) is 34.7. The van der Waals surface area contributed by atoms with Gasteiger partial charge in [-0.25, -0.2) is 0 Å². The molecule has 0 heterocycles. The van der Waals surface area contributed by atoms with Crippen LogP contribution in [0.2, 0.25) is 0 Å². The van der Waals surface area contributed by atoms with Gasteiger partial charge in [0.15, 0.2) is 0 Å². The lowest BCUT2D eigenvalue weighted by Crippen LogP contribution is -2.45. The van der Waals surface area contributed by atoms with Crippen LogP contribution in [0.1, 0.15) is 309 Å². The van der Waals surface area contributed by atoms with Crippen molar-refractivity contribution in [3.63, 3.8) is 0 Å². The molecular weight excluding hydrogens is 855 g/mol. The van der Waals surface area contributed by atoms with E-state index in [0.717, 1.165) is 70.6 Å². The zero-order valence-electron chi connectivity index (χ0n) is 46.8. The van der Waals surface area contributed by atoms with E-state index in [9.17, 15) is 15.0 Å². The van der Waals surface area contributed by atoms with Crippen LogP contribution in [0.5, 0.6) is 0 Å². The van der Waals surface area contributed by atoms with Gasteiger partial charge in [0.2, 0.25) is 5.91 Å². The van der Waals surface area contributed by atoms with E-state index in [1.54, 1.807) is 0 Å². The fraction of sp³-hybridized carbons (Fsp3) is 0.773. The molecule has 0 aromatic heterocycles. The Morgan fingerprint density at radius 2 is 0.629 bits per heavy atom. The Hall–Kier alpha value is -2.43. The lowest BCUT2D eigenvalue weighted by atomic mass is 10.0. The van der Waals surface area contributed by atoms with Crippen molar-refractivity contribution in [3.05, 3.63) is 85.1 Å². The molecule has 0 aliphatic carbocycles. The summed E-state index contributed by atoms with van der Waals surface area (Å²) in [5.41, 5.74) is 0. The van der Waals surface area contributed by atoms with Crippen molar-refractivity contribution in [3.8, 4) is 0 Å². The summed E-state index contributed by atoms with van der Waals surface area (Å²) in [6, 6.07) is -0.539. The lowest BCUT2D eigenvalue weighted by Gasteiger charge is -2.22. The van der Waals surface area contributed by atoms with Crippen molar-refractivity contribution < 1.29 is 15.0 Å². The number of unbranched alkanes of at least 4 members (excludes halogenated alkanes) is 35. The first-order valence-electron chi connectivity index (χ1n) is 30.8. The highest BCUT2D eigenvalue weighted by atomic mass is 16.3. The van der Waals surface area contributed by atoms with E-state index in [1.807, 2.05) is 0 Å². The molecule has 2 atom stereocenters. The molecule has 0 radical (unpaired) electrons. The van der Waals surface area contributed by atoms with Gasteiger partial charge < -0.3 is 15.5 Å². The maximum Gasteiger partial charge on any atom is 0.220 e. The molecule has 1 amide bonds. The quantitative estimate of drug-likeness (QED) is 0.0420. The van der Waals surface area contributed by atoms with E-state index in [-0.39, 0.29) is 12.5 Å². The molecule has 70 heavy (non-hydrogen) atoms. The molecule has 0 spiro atoms. The van der Waals surface area contributed by atoms with Gasteiger partial charge in [0, 0.05) is 6.42 Å². The second-order valence-electron chi connectivity index (χ2n) is 20.7. The van der Waals surface area contributed by atoms with E-state index in [4.69, 9.17) is 0 Å². The predicted octanol–water partition coefficient (Wildman–Crippen LogP) is 20.7. The maximum atomic E-state index is 12.5. The summed E-state index contributed by atoms with van der Waals surface area (Å²) in [5.74, 6) is -0.0291. The number of hydrogen-bond acceptors (Lipinski definition) is 3. The molecule has 2 unspecified atom stereocenters. The molecule has 0 aliphatic rings. The van der Waals surface area contributed by atoms with Crippen LogP contribution in [-0.2, 0) is 4.79 Å². The predicted molar refractivity (Wildman–Crippen MR) is 313 cm³/mol. The summed E-state index contributed by atoms with van der Waals surface area (Å²) in [7, 11) is 0. The zero-order valence-corrected chi connectivity index (χ0v) is 46.8. The van der Waals surface area contributed by atoms with Crippen molar-refractivity contribution in [2.45, 2.75) is 321 Å². The number of rotatable bonds is 56. The summed E-state index contributed by atoms with van der Waals surface area (Å²) >= 11 is 0. The van der Waals surface area contributed by atoms with Gasteiger partial charge >= 0.3 is 0 Å². The van der Waals surface area contributed by atoms with E-state index in [2.05, 4.69) is 104 Å². The standard InChI is InChI=1S/C66H119NO3/c1-3-5-7-9-11-13-15-17-19-21-23-24-25-26-27-28-29-30-31-32-33-34-35-36-37-38-39-40-41-42-44-46-48-50-52-54-56-58-60-62-66(70)67-64(63-68)65(69)61-59-57-55-53-51-49-47-45-43-22-20-18-16-14-12-10-8-6-4-2/h5,7,11,13,17,19,23-24,26-27,29-30,32-33,64-65,68-69H,3-4,6,8-10,12,14-16,18,20-22,25,28,31,34-63H2,1-2H3,(H,67,70)/b7-5-,13-11-,19-17-,24-23-,27-26-,30-29-,33-32-. The Bertz CT molecular complexity index is 1240. The minimum atomic E-state index is -0.662. The second-order valence-corrected chi connectivity index (χ2v) is 20.7. The molecule has 4 heteroatoms. The third-order valence-electron chi connectivity index (χ3n) is 13.9. The molecule has 0 rings (SSSR count). The van der Waals surface area contributed by atoms with Crippen LogP contribution >= 0.6 is 0 Å². The molecule has 406 valence electrons. The van der Waals surface area contributed by atoms with Crippen molar-refractivity contribution in [2.75, 3.05) is 6.61 Å². The number of carbonyl (C=O) groups is 1. The van der Waals surface area contributed by atoms with Gasteiger partial charge in [0.25, 0.3) is 0 Å². The lowest BCUT2D eigenvalue weighted by molar-refractivity contribution is -0.123. The Morgan fingerprint density at radius 1 is 0.357 bits per heavy atom. The van der Waals surface area contributed by atoms with Gasteiger partial charge in [0.05, 0.1) is 18.8 Å². The summed E-state index contributed by atoms with van der Waals surface area (Å²) < 4.78 is 0. The molecule has 4 nitrogen and oxygen atoms in total. The van der Waals surface area contributed by atoms with Crippen LogP contribution < -0.4 is 5.32 Å². The number of amides is 1. The smallest absolute Gasteiger partial charge is 0.220 e. The van der Waals surface area contributed by atoms with Crippen LogP contribution in [0.3, 0.4) is 0 Å². The molecule has 0 bridgehead atoms. The number of allylic oxidation sites excluding steroid dienone is 14. The third-order valence-corrected chi connectivity index (χ3v) is 13.9. The SMILES string of the molecule is CC/C=C\C/C=C\C/C=C\C/C=C\C/C=C\C/C=C\C/C=C\CCCCCCCCCCCCCCCCCCCC(=O)NC(CO)C(O)CCCCCCCCCCCCCCCCCCCCC. The van der Waals surface area contributed by atoms with Crippen molar-refractivity contribution >= 4 is 5.91 Å². The van der Waals surface area contributed by atoms with E-state index < -0.39 is 12.1 Å². The maximum absolute atomic E-state index is 12.5. The van der Waals surface area contributed by atoms with Crippen molar-refractivity contribution in [2.24, 2.45) is 0 Å². The Labute approximate surface area is 437 Å². The van der Waals surface area contributed by atoms with Crippen molar-refractivity contribution in [1.29, 1.82) is 0 Å². The minimum absolute atomic E-state index is 0.0291. The summed E-state index contributed by atoms with van der Waals surface area (Å²) in [5, 5.41) is 23.4. The topological polar surface area (TPSA) is 69.6 Å². The fourth-order valence-corrected chi connectivity index (χ4v) is 9.29. The van der Waals surface area contributed by atoms with Crippen LogP contribution in [0.15, 0.2) is 85.1 Å². The average Bonchev–Trinajstić information content (AvgIpc) is 3.36. The molecule has 0 saturated carbocycles. The summed E-state index contributed by atoms with van der Waals surface area (Å²) in [4.78, 5) is 12.5. The van der Waals surface area contributed by atoms with Gasteiger partial charge in [-0.3, -0.25) is 4.79 Å². The molecule has 0 aromatic rings. The first kappa shape index (κ1) is 67.6. The van der Waals surface area contributed by atoms with E-state index in [1.165, 1.54) is 212 Å². The zero-order chi connectivity index (χ0) is 50.6. The van der Waals surface area contributed by atoms with Crippen LogP contribution in [0.25, 0.3) is 0 Å². The highest BCUT2D eigenvalue weighted by molar-refractivity contribution is 5.76. The first-order valence-corrected chi connectivity index (χ1v) is 30.8. The van der Waals surface area contributed by atoms with Gasteiger partial charge in [-0.2, -0.15) is 0 Å². The van der Waals surface area contributed by atoms with E-state index in [0.29, 0.717) is 12.8 Å². The number of aliphatic hydroxyl groups is 2. The van der Waals surface area contributed by atoms with Gasteiger partial charge in [0.1, 0.15) is 0 Å². The van der Waals surface area contributed by atoms with Gasteiger partial charge in [-0.1, -0.05) is 317 Å². The van der Waals surface area contributed by atoms with Gasteiger partial charge in [-0.05, 0) is 70.6 Å². The highest BCUT2D eigenvalue weighted by Gasteiger charge is 2.20. The molecule has 0 fully saturated rings. The van der Waals surface area contributed by atoms with E-state index >= 15 is 0 Å². The molecule has 0 aromatic carbocycles. The average molecular weight is 975 g/mol. The monoisotopic (exact) mass is 974 g/mol. The second kappa shape index (κ2) is 60.9. The Kier molecular flexibility index (Phi) is 58.8. The van der Waals surface area contributed by atoms with Crippen molar-refractivity contribution in [1.82, 2.24) is 5.32 Å². The number of carbonyl (C=O) groups excluding carboxylic acids is 1. The molecular formula is C66H119NO3. The molecule has 0 saturated heterocycles. The number of aliphatic hydroxyl groups excluding tert-OH is 2. The fourth-order valence-electron chi connectivity index (χ4n) is 9.29. The summed E-state index contributed by atoms with van der Waals surface area (Å²) in [6.45, 7) is 4.27. The van der Waals surface area contributed by atoms with Crippen LogP contribution in [0, 0.1) is 0 Å². The highest BCUT2D eigenvalue weighted by Crippen LogP contribution is 2.18. The third kappa shape index (κ3) is 56.5. The van der Waals surface area contributed by atoms with Crippen LogP contribution in [-0.4, -0.2) is 34.9 Å². The summed E-state index contributed by atoms with van der Waals surface area (Å²) in [6.07, 6.45) is 88.8. The van der Waals surface area contributed by atoms with Gasteiger partial charge in [-0.15, -0.1) is 0 Å². The molecule has 3 N–H and O–H groups in total.